The number of hydrogen-bond acceptors (Lipinski definition) is 2. The highest BCUT2D eigenvalue weighted by Gasteiger charge is 2.21. The summed E-state index contributed by atoms with van der Waals surface area (Å²) in [6.07, 6.45) is 2.91. The van der Waals surface area contributed by atoms with Crippen LogP contribution < -0.4 is 4.74 Å². The van der Waals surface area contributed by atoms with Gasteiger partial charge in [-0.3, -0.25) is 0 Å². The van der Waals surface area contributed by atoms with Crippen molar-refractivity contribution in [3.63, 3.8) is 0 Å². The van der Waals surface area contributed by atoms with Gasteiger partial charge >= 0.3 is 0 Å². The third-order valence-electron chi connectivity index (χ3n) is 3.49. The Morgan fingerprint density at radius 3 is 2.26 bits per heavy atom. The average molecular weight is 255 g/mol. The summed E-state index contributed by atoms with van der Waals surface area (Å²) in [6, 6.07) is 12.8. The maximum Gasteiger partial charge on any atom is 0.212 e. The number of benzene rings is 1. The molecule has 0 spiro atoms. The lowest BCUT2D eigenvalue weighted by Crippen LogP contribution is -2.20. The molecule has 0 amide bonds. The average Bonchev–Trinajstić information content (AvgIpc) is 2.41. The molecule has 0 radical (unpaired) electrons. The first-order chi connectivity index (χ1) is 9.01. The Hall–Kier alpha value is -1.83. The first-order valence-corrected chi connectivity index (χ1v) is 6.57. The SMILES string of the molecule is COc1ccc(C(C)(C)Cc2ccc(C)cc2)cn1. The van der Waals surface area contributed by atoms with E-state index in [1.54, 1.807) is 7.11 Å². The number of aromatic nitrogens is 1. The molecule has 100 valence electrons. The van der Waals surface area contributed by atoms with Crippen molar-refractivity contribution in [1.82, 2.24) is 4.98 Å². The number of rotatable bonds is 4. The quantitative estimate of drug-likeness (QED) is 0.826. The van der Waals surface area contributed by atoms with E-state index in [-0.39, 0.29) is 5.41 Å². The molecule has 2 aromatic rings. The van der Waals surface area contributed by atoms with Crippen LogP contribution in [0.1, 0.15) is 30.5 Å². The molecule has 0 aliphatic rings. The van der Waals surface area contributed by atoms with Gasteiger partial charge in [0.25, 0.3) is 0 Å². The minimum Gasteiger partial charge on any atom is -0.481 e. The van der Waals surface area contributed by atoms with Crippen molar-refractivity contribution in [2.45, 2.75) is 32.6 Å². The lowest BCUT2D eigenvalue weighted by Gasteiger charge is -2.25. The fraction of sp³-hybridized carbons (Fsp3) is 0.353. The van der Waals surface area contributed by atoms with Crippen LogP contribution in [0.3, 0.4) is 0 Å². The Bertz CT molecular complexity index is 526. The zero-order chi connectivity index (χ0) is 13.9. The van der Waals surface area contributed by atoms with E-state index in [1.807, 2.05) is 12.3 Å². The van der Waals surface area contributed by atoms with Crippen LogP contribution in [0.2, 0.25) is 0 Å². The van der Waals surface area contributed by atoms with Gasteiger partial charge in [0, 0.05) is 12.3 Å². The number of nitrogens with zero attached hydrogens (tertiary/aromatic N) is 1. The van der Waals surface area contributed by atoms with Crippen molar-refractivity contribution in [1.29, 1.82) is 0 Å². The molecule has 0 N–H and O–H groups in total. The van der Waals surface area contributed by atoms with Crippen LogP contribution in [0, 0.1) is 6.92 Å². The number of ether oxygens (including phenoxy) is 1. The number of pyridine rings is 1. The molecule has 0 aliphatic heterocycles. The van der Waals surface area contributed by atoms with E-state index in [0.717, 1.165) is 6.42 Å². The first kappa shape index (κ1) is 13.6. The lowest BCUT2D eigenvalue weighted by atomic mass is 9.80. The predicted molar refractivity (Wildman–Crippen MR) is 78.7 cm³/mol. The molecular weight excluding hydrogens is 234 g/mol. The summed E-state index contributed by atoms with van der Waals surface area (Å²) in [5.41, 5.74) is 3.95. The van der Waals surface area contributed by atoms with Crippen LogP contribution in [0.15, 0.2) is 42.6 Å². The van der Waals surface area contributed by atoms with E-state index in [4.69, 9.17) is 4.74 Å². The van der Waals surface area contributed by atoms with Crippen LogP contribution in [-0.2, 0) is 11.8 Å². The molecule has 0 saturated heterocycles. The van der Waals surface area contributed by atoms with Crippen LogP contribution in [-0.4, -0.2) is 12.1 Å². The molecule has 0 saturated carbocycles. The number of aryl methyl sites for hydroxylation is 1. The second-order valence-corrected chi connectivity index (χ2v) is 5.64. The highest BCUT2D eigenvalue weighted by atomic mass is 16.5. The van der Waals surface area contributed by atoms with Crippen molar-refractivity contribution >= 4 is 0 Å². The van der Waals surface area contributed by atoms with Gasteiger partial charge in [-0.15, -0.1) is 0 Å². The normalized spacial score (nSPS) is 11.4. The molecule has 1 aromatic carbocycles. The molecule has 19 heavy (non-hydrogen) atoms. The van der Waals surface area contributed by atoms with Gasteiger partial charge in [0.15, 0.2) is 0 Å². The summed E-state index contributed by atoms with van der Waals surface area (Å²) >= 11 is 0. The minimum atomic E-state index is 0.0640. The van der Waals surface area contributed by atoms with E-state index < -0.39 is 0 Å². The van der Waals surface area contributed by atoms with Gasteiger partial charge in [-0.05, 0) is 29.9 Å². The van der Waals surface area contributed by atoms with E-state index in [9.17, 15) is 0 Å². The first-order valence-electron chi connectivity index (χ1n) is 6.57. The van der Waals surface area contributed by atoms with E-state index in [2.05, 4.69) is 56.1 Å². The summed E-state index contributed by atoms with van der Waals surface area (Å²) in [4.78, 5) is 4.30. The largest absolute Gasteiger partial charge is 0.481 e. The fourth-order valence-corrected chi connectivity index (χ4v) is 2.22. The lowest BCUT2D eigenvalue weighted by molar-refractivity contribution is 0.396. The molecule has 1 heterocycles. The smallest absolute Gasteiger partial charge is 0.212 e. The second kappa shape index (κ2) is 5.43. The Morgan fingerprint density at radius 1 is 1.05 bits per heavy atom. The molecule has 2 heteroatoms. The number of methoxy groups -OCH3 is 1. The van der Waals surface area contributed by atoms with Crippen molar-refractivity contribution in [3.8, 4) is 5.88 Å². The van der Waals surface area contributed by atoms with Gasteiger partial charge in [0.05, 0.1) is 7.11 Å². The van der Waals surface area contributed by atoms with E-state index in [1.165, 1.54) is 16.7 Å². The fourth-order valence-electron chi connectivity index (χ4n) is 2.22. The third kappa shape index (κ3) is 3.34. The van der Waals surface area contributed by atoms with E-state index in [0.29, 0.717) is 5.88 Å². The summed E-state index contributed by atoms with van der Waals surface area (Å²) in [5.74, 6) is 0.662. The molecule has 0 atom stereocenters. The van der Waals surface area contributed by atoms with Crippen LogP contribution in [0.25, 0.3) is 0 Å². The van der Waals surface area contributed by atoms with Crippen LogP contribution in [0.5, 0.6) is 5.88 Å². The molecule has 2 nitrogen and oxygen atoms in total. The Morgan fingerprint density at radius 2 is 1.74 bits per heavy atom. The standard InChI is InChI=1S/C17H21NO/c1-13-5-7-14(8-6-13)11-17(2,3)15-9-10-16(19-4)18-12-15/h5-10,12H,11H2,1-4H3. The summed E-state index contributed by atoms with van der Waals surface area (Å²) in [5, 5.41) is 0. The van der Waals surface area contributed by atoms with E-state index >= 15 is 0 Å². The molecule has 0 unspecified atom stereocenters. The second-order valence-electron chi connectivity index (χ2n) is 5.64. The number of hydrogen-bond donors (Lipinski definition) is 0. The molecule has 1 aromatic heterocycles. The van der Waals surface area contributed by atoms with Crippen molar-refractivity contribution in [2.24, 2.45) is 0 Å². The topological polar surface area (TPSA) is 22.1 Å². The zero-order valence-corrected chi connectivity index (χ0v) is 12.1. The van der Waals surface area contributed by atoms with Gasteiger partial charge in [-0.1, -0.05) is 49.7 Å². The Labute approximate surface area is 115 Å². The third-order valence-corrected chi connectivity index (χ3v) is 3.49. The summed E-state index contributed by atoms with van der Waals surface area (Å²) in [6.45, 7) is 6.61. The Kier molecular flexibility index (Phi) is 3.89. The van der Waals surface area contributed by atoms with Crippen molar-refractivity contribution in [2.75, 3.05) is 7.11 Å². The van der Waals surface area contributed by atoms with Gasteiger partial charge in [-0.25, -0.2) is 4.98 Å². The maximum absolute atomic E-state index is 5.10. The molecular formula is C17H21NO. The zero-order valence-electron chi connectivity index (χ0n) is 12.1. The molecule has 0 aliphatic carbocycles. The van der Waals surface area contributed by atoms with Gasteiger partial charge in [0.1, 0.15) is 0 Å². The highest BCUT2D eigenvalue weighted by molar-refractivity contribution is 5.29. The molecule has 0 fully saturated rings. The monoisotopic (exact) mass is 255 g/mol. The van der Waals surface area contributed by atoms with Crippen molar-refractivity contribution < 1.29 is 4.74 Å². The van der Waals surface area contributed by atoms with Crippen LogP contribution >= 0.6 is 0 Å². The highest BCUT2D eigenvalue weighted by Crippen LogP contribution is 2.28. The van der Waals surface area contributed by atoms with Gasteiger partial charge in [0.2, 0.25) is 5.88 Å². The minimum absolute atomic E-state index is 0.0640. The summed E-state index contributed by atoms with van der Waals surface area (Å²) in [7, 11) is 1.64. The molecule has 0 bridgehead atoms. The molecule has 2 rings (SSSR count). The summed E-state index contributed by atoms with van der Waals surface area (Å²) < 4.78 is 5.10. The van der Waals surface area contributed by atoms with Crippen molar-refractivity contribution in [3.05, 3.63) is 59.3 Å². The predicted octanol–water partition coefficient (Wildman–Crippen LogP) is 3.92. The van der Waals surface area contributed by atoms with Gasteiger partial charge in [-0.2, -0.15) is 0 Å². The van der Waals surface area contributed by atoms with Crippen LogP contribution in [0.4, 0.5) is 0 Å². The Balaban J connectivity index is 2.18. The maximum atomic E-state index is 5.10. The van der Waals surface area contributed by atoms with Gasteiger partial charge < -0.3 is 4.74 Å².